The summed E-state index contributed by atoms with van der Waals surface area (Å²) >= 11 is 0. The van der Waals surface area contributed by atoms with E-state index >= 15 is 0 Å². The zero-order valence-corrected chi connectivity index (χ0v) is 26.8. The van der Waals surface area contributed by atoms with Crippen molar-refractivity contribution in [2.45, 2.75) is 37.5 Å². The van der Waals surface area contributed by atoms with Crippen LogP contribution in [0, 0.1) is 0 Å². The molecule has 2 aliphatic carbocycles. The minimum atomic E-state index is 0.111. The summed E-state index contributed by atoms with van der Waals surface area (Å²) in [6, 6.07) is 50.1. The van der Waals surface area contributed by atoms with Crippen molar-refractivity contribution < 1.29 is 0 Å². The van der Waals surface area contributed by atoms with Gasteiger partial charge in [0.25, 0.3) is 0 Å². The molecule has 0 radical (unpaired) electrons. The Morgan fingerprint density at radius 3 is 1.85 bits per heavy atom. The van der Waals surface area contributed by atoms with Gasteiger partial charge < -0.3 is 0 Å². The van der Waals surface area contributed by atoms with Gasteiger partial charge in [0.15, 0.2) is 5.82 Å². The van der Waals surface area contributed by atoms with Crippen LogP contribution < -0.4 is 0 Å². The van der Waals surface area contributed by atoms with Crippen LogP contribution in [0.15, 0.2) is 152 Å². The monoisotopic (exact) mass is 617 g/mol. The Labute approximate surface area is 282 Å². The summed E-state index contributed by atoms with van der Waals surface area (Å²) in [5, 5.41) is 0. The SMILES string of the molecule is c1ccc(-c2nc(-c3ccc(-c4cccnc4)cc3)cc(-c3ccccc3-c3ccc4c(c3)C3(CCCCC3)c3ccccc3-4)n2)cc1. The van der Waals surface area contributed by atoms with E-state index in [1.807, 2.05) is 30.5 Å². The van der Waals surface area contributed by atoms with E-state index in [0.29, 0.717) is 0 Å². The van der Waals surface area contributed by atoms with E-state index in [0.717, 1.165) is 45.0 Å². The Morgan fingerprint density at radius 2 is 1.06 bits per heavy atom. The Hall–Kier alpha value is -5.67. The topological polar surface area (TPSA) is 38.7 Å². The third-order valence-corrected chi connectivity index (χ3v) is 10.4. The zero-order valence-electron chi connectivity index (χ0n) is 26.8. The molecule has 3 nitrogen and oxygen atoms in total. The predicted molar refractivity (Wildman–Crippen MR) is 196 cm³/mol. The van der Waals surface area contributed by atoms with Crippen molar-refractivity contribution in [1.82, 2.24) is 15.0 Å². The van der Waals surface area contributed by atoms with Gasteiger partial charge in [0.1, 0.15) is 0 Å². The van der Waals surface area contributed by atoms with Crippen molar-refractivity contribution in [2.24, 2.45) is 0 Å². The Kier molecular flexibility index (Phi) is 7.04. The van der Waals surface area contributed by atoms with E-state index in [2.05, 4.69) is 120 Å². The number of pyridine rings is 1. The molecule has 2 aliphatic rings. The number of fused-ring (bicyclic) bond motifs is 5. The van der Waals surface area contributed by atoms with Crippen LogP contribution in [0.5, 0.6) is 0 Å². The Morgan fingerprint density at radius 1 is 0.417 bits per heavy atom. The van der Waals surface area contributed by atoms with Gasteiger partial charge in [-0.1, -0.05) is 141 Å². The van der Waals surface area contributed by atoms with Crippen LogP contribution in [0.2, 0.25) is 0 Å². The maximum atomic E-state index is 5.22. The fourth-order valence-electron chi connectivity index (χ4n) is 8.09. The van der Waals surface area contributed by atoms with Crippen molar-refractivity contribution in [2.75, 3.05) is 0 Å². The van der Waals surface area contributed by atoms with Gasteiger partial charge in [0.05, 0.1) is 11.4 Å². The number of hydrogen-bond donors (Lipinski definition) is 0. The summed E-state index contributed by atoms with van der Waals surface area (Å²) in [6.07, 6.45) is 10.0. The van der Waals surface area contributed by atoms with Crippen molar-refractivity contribution in [3.63, 3.8) is 0 Å². The maximum absolute atomic E-state index is 5.22. The highest BCUT2D eigenvalue weighted by atomic mass is 14.9. The van der Waals surface area contributed by atoms with Crippen LogP contribution in [-0.2, 0) is 5.41 Å². The minimum absolute atomic E-state index is 0.111. The smallest absolute Gasteiger partial charge is 0.160 e. The standard InChI is InChI=1S/C45H35N3/c1-3-12-33(13-4-1)44-47-42(32-21-19-31(20-22-32)35-14-11-27-46-30-35)29-43(48-44)39-17-6-5-15-36(39)34-23-24-38-37-16-7-8-18-40(37)45(41(38)28-34)25-9-2-10-26-45/h1,3-8,11-24,27-30H,2,9-10,25-26H2. The van der Waals surface area contributed by atoms with Gasteiger partial charge in [-0.05, 0) is 75.5 Å². The largest absolute Gasteiger partial charge is 0.264 e. The first-order valence-corrected chi connectivity index (χ1v) is 17.1. The van der Waals surface area contributed by atoms with Crippen molar-refractivity contribution in [3.05, 3.63) is 163 Å². The van der Waals surface area contributed by atoms with E-state index < -0.39 is 0 Å². The van der Waals surface area contributed by atoms with Crippen LogP contribution in [-0.4, -0.2) is 15.0 Å². The zero-order chi connectivity index (χ0) is 31.9. The average molecular weight is 618 g/mol. The van der Waals surface area contributed by atoms with Crippen LogP contribution in [0.1, 0.15) is 43.2 Å². The molecule has 1 fully saturated rings. The molecule has 1 spiro atoms. The summed E-state index contributed by atoms with van der Waals surface area (Å²) in [5.41, 5.74) is 15.6. The fourth-order valence-corrected chi connectivity index (χ4v) is 8.09. The number of nitrogens with zero attached hydrogens (tertiary/aromatic N) is 3. The Bertz CT molecular complexity index is 2250. The molecular weight excluding hydrogens is 583 g/mol. The number of aromatic nitrogens is 3. The van der Waals surface area contributed by atoms with Gasteiger partial charge >= 0.3 is 0 Å². The second kappa shape index (κ2) is 11.8. The van der Waals surface area contributed by atoms with Crippen LogP contribution in [0.3, 0.4) is 0 Å². The molecule has 9 rings (SSSR count). The highest BCUT2D eigenvalue weighted by molar-refractivity contribution is 5.88. The second-order valence-corrected chi connectivity index (χ2v) is 13.1. The van der Waals surface area contributed by atoms with E-state index in [1.54, 1.807) is 6.20 Å². The summed E-state index contributed by atoms with van der Waals surface area (Å²) in [6.45, 7) is 0. The van der Waals surface area contributed by atoms with Gasteiger partial charge in [-0.2, -0.15) is 0 Å². The highest BCUT2D eigenvalue weighted by Gasteiger charge is 2.43. The maximum Gasteiger partial charge on any atom is 0.160 e. The first kappa shape index (κ1) is 28.5. The molecule has 2 aromatic heterocycles. The second-order valence-electron chi connectivity index (χ2n) is 13.1. The molecule has 230 valence electrons. The third-order valence-electron chi connectivity index (χ3n) is 10.4. The predicted octanol–water partition coefficient (Wildman–Crippen LogP) is 11.4. The van der Waals surface area contributed by atoms with Gasteiger partial charge in [0, 0.05) is 34.5 Å². The molecule has 0 bridgehead atoms. The molecule has 3 heteroatoms. The van der Waals surface area contributed by atoms with Crippen molar-refractivity contribution >= 4 is 0 Å². The van der Waals surface area contributed by atoms with Gasteiger partial charge in [-0.3, -0.25) is 4.98 Å². The first-order valence-electron chi connectivity index (χ1n) is 17.1. The normalized spacial score (nSPS) is 14.4. The summed E-state index contributed by atoms with van der Waals surface area (Å²) in [4.78, 5) is 14.6. The molecular formula is C45H35N3. The van der Waals surface area contributed by atoms with E-state index in [1.165, 1.54) is 65.5 Å². The van der Waals surface area contributed by atoms with E-state index in [9.17, 15) is 0 Å². The van der Waals surface area contributed by atoms with Crippen molar-refractivity contribution in [1.29, 1.82) is 0 Å². The number of rotatable bonds is 5. The van der Waals surface area contributed by atoms with Gasteiger partial charge in [0.2, 0.25) is 0 Å². The molecule has 0 saturated heterocycles. The van der Waals surface area contributed by atoms with Crippen LogP contribution in [0.4, 0.5) is 0 Å². The summed E-state index contributed by atoms with van der Waals surface area (Å²) in [5.74, 6) is 0.722. The molecule has 0 unspecified atom stereocenters. The lowest BCUT2D eigenvalue weighted by atomic mass is 9.67. The van der Waals surface area contributed by atoms with Gasteiger partial charge in [-0.15, -0.1) is 0 Å². The van der Waals surface area contributed by atoms with E-state index in [4.69, 9.17) is 9.97 Å². The molecule has 0 atom stereocenters. The minimum Gasteiger partial charge on any atom is -0.264 e. The molecule has 48 heavy (non-hydrogen) atoms. The lowest BCUT2D eigenvalue weighted by Crippen LogP contribution is -2.28. The molecule has 0 amide bonds. The average Bonchev–Trinajstić information content (AvgIpc) is 3.43. The third kappa shape index (κ3) is 4.86. The first-order chi connectivity index (χ1) is 23.8. The van der Waals surface area contributed by atoms with E-state index in [-0.39, 0.29) is 5.41 Å². The highest BCUT2D eigenvalue weighted by Crippen LogP contribution is 2.56. The van der Waals surface area contributed by atoms with Crippen LogP contribution >= 0.6 is 0 Å². The lowest BCUT2D eigenvalue weighted by molar-refractivity contribution is 0.353. The fraction of sp³-hybridized carbons (Fsp3) is 0.133. The molecule has 7 aromatic rings. The quantitative estimate of drug-likeness (QED) is 0.193. The van der Waals surface area contributed by atoms with Crippen molar-refractivity contribution in [3.8, 4) is 67.3 Å². The van der Waals surface area contributed by atoms with Gasteiger partial charge in [-0.25, -0.2) is 9.97 Å². The lowest BCUT2D eigenvalue weighted by Gasteiger charge is -2.36. The molecule has 1 saturated carbocycles. The molecule has 5 aromatic carbocycles. The molecule has 2 heterocycles. The summed E-state index contributed by atoms with van der Waals surface area (Å²) in [7, 11) is 0. The Balaban J connectivity index is 1.18. The summed E-state index contributed by atoms with van der Waals surface area (Å²) < 4.78 is 0. The molecule has 0 aliphatic heterocycles. The number of benzene rings is 5. The number of hydrogen-bond acceptors (Lipinski definition) is 3. The molecule has 0 N–H and O–H groups in total. The van der Waals surface area contributed by atoms with Crippen LogP contribution in [0.25, 0.3) is 67.3 Å².